The number of aromatic nitrogens is 1. The molecule has 0 aliphatic carbocycles. The fraction of sp³-hybridized carbons (Fsp3) is 0.478. The number of hydrogen-bond acceptors (Lipinski definition) is 5. The molecule has 2 atom stereocenters. The van der Waals surface area contributed by atoms with Crippen molar-refractivity contribution in [1.29, 1.82) is 0 Å². The number of rotatable bonds is 9. The average molecular weight is 539 g/mol. The van der Waals surface area contributed by atoms with Gasteiger partial charge in [-0.25, -0.2) is 0 Å². The van der Waals surface area contributed by atoms with Gasteiger partial charge in [0.1, 0.15) is 5.75 Å². The van der Waals surface area contributed by atoms with Crippen LogP contribution in [-0.4, -0.2) is 60.8 Å². The van der Waals surface area contributed by atoms with Crippen LogP contribution in [-0.2, 0) is 0 Å². The highest BCUT2D eigenvalue weighted by Gasteiger charge is 2.23. The molecule has 1 aliphatic rings. The van der Waals surface area contributed by atoms with E-state index in [4.69, 9.17) is 9.73 Å². The molecule has 0 bridgehead atoms. The summed E-state index contributed by atoms with van der Waals surface area (Å²) in [5.74, 6) is 1.57. The van der Waals surface area contributed by atoms with Gasteiger partial charge in [0.2, 0.25) is 0 Å². The van der Waals surface area contributed by atoms with Gasteiger partial charge in [-0.15, -0.1) is 24.0 Å². The first-order valence-electron chi connectivity index (χ1n) is 10.7. The maximum atomic E-state index is 10.4. The van der Waals surface area contributed by atoms with E-state index in [0.29, 0.717) is 19.0 Å². The second-order valence-electron chi connectivity index (χ2n) is 7.43. The van der Waals surface area contributed by atoms with Crippen LogP contribution in [0.15, 0.2) is 53.8 Å². The zero-order chi connectivity index (χ0) is 21.2. The number of aliphatic imine (C=N–C) groups is 1. The lowest BCUT2D eigenvalue weighted by Gasteiger charge is -2.27. The van der Waals surface area contributed by atoms with Gasteiger partial charge in [0.15, 0.2) is 5.96 Å². The van der Waals surface area contributed by atoms with Crippen LogP contribution in [0.25, 0.3) is 0 Å². The van der Waals surface area contributed by atoms with Crippen molar-refractivity contribution < 1.29 is 9.84 Å². The molecular weight excluding hydrogens is 505 g/mol. The first-order chi connectivity index (χ1) is 14.7. The highest BCUT2D eigenvalue weighted by molar-refractivity contribution is 14.0. The molecule has 31 heavy (non-hydrogen) atoms. The average Bonchev–Trinajstić information content (AvgIpc) is 3.33. The molecule has 3 rings (SSSR count). The summed E-state index contributed by atoms with van der Waals surface area (Å²) < 4.78 is 5.31. The molecular formula is C23H34IN5O2. The van der Waals surface area contributed by atoms with Crippen LogP contribution >= 0.6 is 24.0 Å². The number of benzene rings is 1. The van der Waals surface area contributed by atoms with Crippen LogP contribution < -0.4 is 15.4 Å². The Bertz CT molecular complexity index is 782. The predicted molar refractivity (Wildman–Crippen MR) is 135 cm³/mol. The molecule has 7 nitrogen and oxygen atoms in total. The number of pyridine rings is 1. The molecule has 1 aromatic heterocycles. The molecule has 1 aliphatic heterocycles. The summed E-state index contributed by atoms with van der Waals surface area (Å²) in [6.07, 6.45) is 5.22. The number of ether oxygens (including phenoxy) is 1. The van der Waals surface area contributed by atoms with E-state index in [9.17, 15) is 5.11 Å². The van der Waals surface area contributed by atoms with Crippen molar-refractivity contribution in [3.8, 4) is 5.75 Å². The molecule has 2 heterocycles. The first-order valence-corrected chi connectivity index (χ1v) is 10.7. The molecule has 1 saturated heterocycles. The number of aliphatic hydroxyl groups excluding tert-OH is 1. The zero-order valence-corrected chi connectivity index (χ0v) is 20.7. The van der Waals surface area contributed by atoms with Crippen molar-refractivity contribution in [3.63, 3.8) is 0 Å². The largest absolute Gasteiger partial charge is 0.497 e. The van der Waals surface area contributed by atoms with E-state index in [1.807, 2.05) is 31.2 Å². The van der Waals surface area contributed by atoms with Gasteiger partial charge in [0.25, 0.3) is 0 Å². The van der Waals surface area contributed by atoms with E-state index in [0.717, 1.165) is 30.9 Å². The molecule has 0 amide bonds. The second kappa shape index (κ2) is 13.5. The van der Waals surface area contributed by atoms with E-state index in [-0.39, 0.29) is 30.0 Å². The van der Waals surface area contributed by atoms with Crippen LogP contribution in [0.3, 0.4) is 0 Å². The molecule has 2 aromatic rings. The van der Waals surface area contributed by atoms with Crippen LogP contribution in [0.4, 0.5) is 0 Å². The maximum absolute atomic E-state index is 10.4. The van der Waals surface area contributed by atoms with E-state index in [1.165, 1.54) is 18.4 Å². The summed E-state index contributed by atoms with van der Waals surface area (Å²) in [7, 11) is 1.69. The predicted octanol–water partition coefficient (Wildman–Crippen LogP) is 3.13. The number of likely N-dealkylation sites (tertiary alicyclic amines) is 1. The lowest BCUT2D eigenvalue weighted by molar-refractivity contribution is 0.180. The molecule has 0 radical (unpaired) electrons. The van der Waals surface area contributed by atoms with E-state index < -0.39 is 6.10 Å². The summed E-state index contributed by atoms with van der Waals surface area (Å²) in [4.78, 5) is 11.3. The van der Waals surface area contributed by atoms with Crippen LogP contribution in [0.5, 0.6) is 5.75 Å². The minimum absolute atomic E-state index is 0. The lowest BCUT2D eigenvalue weighted by atomic mass is 10.1. The van der Waals surface area contributed by atoms with Crippen molar-refractivity contribution in [1.82, 2.24) is 20.5 Å². The minimum Gasteiger partial charge on any atom is -0.497 e. The smallest absolute Gasteiger partial charge is 0.191 e. The molecule has 2 unspecified atom stereocenters. The van der Waals surface area contributed by atoms with Crippen LogP contribution in [0.2, 0.25) is 0 Å². The number of hydrogen-bond donors (Lipinski definition) is 3. The van der Waals surface area contributed by atoms with Gasteiger partial charge in [0.05, 0.1) is 25.8 Å². The Labute approximate surface area is 202 Å². The van der Waals surface area contributed by atoms with Gasteiger partial charge >= 0.3 is 0 Å². The summed E-state index contributed by atoms with van der Waals surface area (Å²) in [6, 6.07) is 12.1. The standard InChI is InChI=1S/C23H33N5O2.HI/c1-3-25-23(27-17-22(29)19-10-12-24-13-11-19)26-16-21(28-14-4-5-15-28)18-6-8-20(30-2)9-7-18;/h6-13,21-22,29H,3-5,14-17H2,1-2H3,(H2,25,26,27);1H. The lowest BCUT2D eigenvalue weighted by Crippen LogP contribution is -2.40. The maximum Gasteiger partial charge on any atom is 0.191 e. The Hall–Kier alpha value is -1.91. The monoisotopic (exact) mass is 539 g/mol. The number of nitrogens with one attached hydrogen (secondary N) is 2. The minimum atomic E-state index is -0.618. The molecule has 0 saturated carbocycles. The third-order valence-electron chi connectivity index (χ3n) is 5.40. The molecule has 8 heteroatoms. The molecule has 0 spiro atoms. The number of guanidine groups is 1. The molecule has 3 N–H and O–H groups in total. The fourth-order valence-corrected chi connectivity index (χ4v) is 3.73. The Morgan fingerprint density at radius 1 is 1.10 bits per heavy atom. The van der Waals surface area contributed by atoms with Gasteiger partial charge in [0, 0.05) is 25.5 Å². The molecule has 170 valence electrons. The van der Waals surface area contributed by atoms with E-state index >= 15 is 0 Å². The Balaban J connectivity index is 0.00000341. The van der Waals surface area contributed by atoms with Gasteiger partial charge in [-0.3, -0.25) is 14.9 Å². The fourth-order valence-electron chi connectivity index (χ4n) is 3.73. The van der Waals surface area contributed by atoms with Gasteiger partial charge in [-0.1, -0.05) is 12.1 Å². The SMILES string of the molecule is CCNC(=NCC(c1ccc(OC)cc1)N1CCCC1)NCC(O)c1ccncc1.I. The third kappa shape index (κ3) is 7.62. The Morgan fingerprint density at radius 2 is 1.77 bits per heavy atom. The van der Waals surface area contributed by atoms with E-state index in [1.54, 1.807) is 19.5 Å². The van der Waals surface area contributed by atoms with Crippen molar-refractivity contribution in [2.24, 2.45) is 4.99 Å². The van der Waals surface area contributed by atoms with Crippen molar-refractivity contribution in [3.05, 3.63) is 59.9 Å². The summed E-state index contributed by atoms with van der Waals surface area (Å²) in [6.45, 7) is 6.01. The normalized spacial score (nSPS) is 16.3. The highest BCUT2D eigenvalue weighted by atomic mass is 127. The highest BCUT2D eigenvalue weighted by Crippen LogP contribution is 2.27. The van der Waals surface area contributed by atoms with E-state index in [2.05, 4.69) is 32.7 Å². The van der Waals surface area contributed by atoms with Crippen molar-refractivity contribution in [2.75, 3.05) is 39.8 Å². The number of methoxy groups -OCH3 is 1. The number of halogens is 1. The Morgan fingerprint density at radius 3 is 2.39 bits per heavy atom. The summed E-state index contributed by atoms with van der Waals surface area (Å²) >= 11 is 0. The van der Waals surface area contributed by atoms with Crippen LogP contribution in [0.1, 0.15) is 43.0 Å². The van der Waals surface area contributed by atoms with Crippen molar-refractivity contribution >= 4 is 29.9 Å². The Kier molecular flexibility index (Phi) is 11.0. The molecule has 1 aromatic carbocycles. The van der Waals surface area contributed by atoms with Crippen molar-refractivity contribution in [2.45, 2.75) is 31.9 Å². The van der Waals surface area contributed by atoms with Gasteiger partial charge < -0.3 is 20.5 Å². The third-order valence-corrected chi connectivity index (χ3v) is 5.40. The second-order valence-corrected chi connectivity index (χ2v) is 7.43. The topological polar surface area (TPSA) is 82.0 Å². The van der Waals surface area contributed by atoms with Gasteiger partial charge in [-0.2, -0.15) is 0 Å². The zero-order valence-electron chi connectivity index (χ0n) is 18.3. The first kappa shape index (κ1) is 25.4. The van der Waals surface area contributed by atoms with Crippen LogP contribution in [0, 0.1) is 0 Å². The molecule has 1 fully saturated rings. The van der Waals surface area contributed by atoms with Gasteiger partial charge in [-0.05, 0) is 68.2 Å². The summed E-state index contributed by atoms with van der Waals surface area (Å²) in [5, 5.41) is 17.0. The summed E-state index contributed by atoms with van der Waals surface area (Å²) in [5.41, 5.74) is 2.08. The number of nitrogens with zero attached hydrogens (tertiary/aromatic N) is 3. The quantitative estimate of drug-likeness (QED) is 0.258. The number of aliphatic hydroxyl groups is 1.